The molecule has 2 atom stereocenters. The Hall–Kier alpha value is -1.55. The van der Waals surface area contributed by atoms with Gasteiger partial charge in [0.2, 0.25) is 0 Å². The predicted molar refractivity (Wildman–Crippen MR) is 68.4 cm³/mol. The van der Waals surface area contributed by atoms with Gasteiger partial charge in [-0.1, -0.05) is 43.2 Å². The van der Waals surface area contributed by atoms with Gasteiger partial charge in [0.15, 0.2) is 0 Å². The summed E-state index contributed by atoms with van der Waals surface area (Å²) in [6.45, 7) is 0.545. The maximum absolute atomic E-state index is 10.7. The van der Waals surface area contributed by atoms with E-state index in [2.05, 4.69) is 5.32 Å². The minimum Gasteiger partial charge on any atom is -0.465 e. The summed E-state index contributed by atoms with van der Waals surface area (Å²) >= 11 is 0. The zero-order valence-corrected chi connectivity index (χ0v) is 10.3. The maximum Gasteiger partial charge on any atom is 0.404 e. The molecule has 18 heavy (non-hydrogen) atoms. The van der Waals surface area contributed by atoms with Crippen molar-refractivity contribution in [3.63, 3.8) is 0 Å². The number of hydrogen-bond donors (Lipinski definition) is 2. The van der Waals surface area contributed by atoms with Gasteiger partial charge < -0.3 is 15.2 Å². The maximum atomic E-state index is 10.7. The number of ether oxygens (including phenoxy) is 1. The largest absolute Gasteiger partial charge is 0.465 e. The van der Waals surface area contributed by atoms with Crippen molar-refractivity contribution in [2.45, 2.75) is 44.4 Å². The number of hydrogen-bond acceptors (Lipinski definition) is 2. The monoisotopic (exact) mass is 249 g/mol. The van der Waals surface area contributed by atoms with Crippen LogP contribution in [0.5, 0.6) is 0 Å². The molecule has 1 saturated carbocycles. The van der Waals surface area contributed by atoms with Gasteiger partial charge >= 0.3 is 6.09 Å². The third kappa shape index (κ3) is 3.74. The molecule has 2 rings (SSSR count). The minimum absolute atomic E-state index is 0.00458. The molecule has 2 unspecified atom stereocenters. The van der Waals surface area contributed by atoms with Crippen LogP contribution < -0.4 is 5.32 Å². The molecule has 0 saturated heterocycles. The average Bonchev–Trinajstić information content (AvgIpc) is 2.38. The molecule has 1 fully saturated rings. The van der Waals surface area contributed by atoms with Crippen molar-refractivity contribution < 1.29 is 14.6 Å². The van der Waals surface area contributed by atoms with Crippen LogP contribution in [-0.2, 0) is 11.3 Å². The van der Waals surface area contributed by atoms with E-state index in [4.69, 9.17) is 9.84 Å². The zero-order chi connectivity index (χ0) is 12.8. The van der Waals surface area contributed by atoms with Crippen LogP contribution in [0.25, 0.3) is 0 Å². The second kappa shape index (κ2) is 6.40. The summed E-state index contributed by atoms with van der Waals surface area (Å²) in [6.07, 6.45) is 3.00. The summed E-state index contributed by atoms with van der Waals surface area (Å²) in [5, 5.41) is 11.4. The van der Waals surface area contributed by atoms with Crippen LogP contribution in [-0.4, -0.2) is 23.3 Å². The van der Waals surface area contributed by atoms with Crippen molar-refractivity contribution in [1.29, 1.82) is 0 Å². The van der Waals surface area contributed by atoms with Crippen molar-refractivity contribution in [3.05, 3.63) is 35.9 Å². The molecule has 1 aliphatic carbocycles. The molecule has 98 valence electrons. The van der Waals surface area contributed by atoms with Gasteiger partial charge in [-0.2, -0.15) is 0 Å². The Morgan fingerprint density at radius 3 is 2.72 bits per heavy atom. The lowest BCUT2D eigenvalue weighted by Crippen LogP contribution is -2.45. The van der Waals surface area contributed by atoms with Gasteiger partial charge in [-0.25, -0.2) is 4.79 Å². The Kier molecular flexibility index (Phi) is 4.59. The van der Waals surface area contributed by atoms with Gasteiger partial charge in [-0.15, -0.1) is 0 Å². The SMILES string of the molecule is O=C(O)NC1CCCCC1OCc1ccccc1. The topological polar surface area (TPSA) is 58.6 Å². The Balaban J connectivity index is 1.87. The zero-order valence-electron chi connectivity index (χ0n) is 10.3. The predicted octanol–water partition coefficient (Wildman–Crippen LogP) is 2.78. The third-order valence-corrected chi connectivity index (χ3v) is 3.32. The number of amides is 1. The molecule has 0 spiro atoms. The van der Waals surface area contributed by atoms with Crippen molar-refractivity contribution >= 4 is 6.09 Å². The van der Waals surface area contributed by atoms with E-state index in [1.807, 2.05) is 30.3 Å². The van der Waals surface area contributed by atoms with Gasteiger partial charge in [0.05, 0.1) is 18.8 Å². The van der Waals surface area contributed by atoms with E-state index in [1.165, 1.54) is 0 Å². The average molecular weight is 249 g/mol. The molecule has 4 nitrogen and oxygen atoms in total. The molecule has 0 aromatic heterocycles. The minimum atomic E-state index is -0.963. The van der Waals surface area contributed by atoms with Crippen molar-refractivity contribution in [2.75, 3.05) is 0 Å². The Morgan fingerprint density at radius 2 is 2.00 bits per heavy atom. The number of rotatable bonds is 4. The molecule has 4 heteroatoms. The lowest BCUT2D eigenvalue weighted by molar-refractivity contribution is -0.00438. The Labute approximate surface area is 107 Å². The molecule has 0 aliphatic heterocycles. The van der Waals surface area contributed by atoms with Gasteiger partial charge in [0, 0.05) is 0 Å². The Bertz CT molecular complexity index is 380. The number of carbonyl (C=O) groups is 1. The summed E-state index contributed by atoms with van der Waals surface area (Å²) in [7, 11) is 0. The summed E-state index contributed by atoms with van der Waals surface area (Å²) in [6, 6.07) is 9.89. The van der Waals surface area contributed by atoms with E-state index in [0.717, 1.165) is 31.2 Å². The number of benzene rings is 1. The molecular weight excluding hydrogens is 230 g/mol. The van der Waals surface area contributed by atoms with Gasteiger partial charge in [0.25, 0.3) is 0 Å². The summed E-state index contributed by atoms with van der Waals surface area (Å²) in [5.74, 6) is 0. The van der Waals surface area contributed by atoms with Crippen molar-refractivity contribution in [3.8, 4) is 0 Å². The number of carboxylic acid groups (broad SMARTS) is 1. The summed E-state index contributed by atoms with van der Waals surface area (Å²) in [5.41, 5.74) is 1.12. The fourth-order valence-corrected chi connectivity index (χ4v) is 2.40. The van der Waals surface area contributed by atoms with E-state index in [9.17, 15) is 4.79 Å². The lowest BCUT2D eigenvalue weighted by atomic mass is 9.92. The van der Waals surface area contributed by atoms with Crippen molar-refractivity contribution in [1.82, 2.24) is 5.32 Å². The number of nitrogens with one attached hydrogen (secondary N) is 1. The van der Waals surface area contributed by atoms with Gasteiger partial charge in [-0.05, 0) is 18.4 Å². The van der Waals surface area contributed by atoms with Gasteiger partial charge in [0.1, 0.15) is 0 Å². The molecule has 1 amide bonds. The lowest BCUT2D eigenvalue weighted by Gasteiger charge is -2.31. The molecule has 0 radical (unpaired) electrons. The standard InChI is InChI=1S/C14H19NO3/c16-14(17)15-12-8-4-5-9-13(12)18-10-11-6-2-1-3-7-11/h1-3,6-7,12-13,15H,4-5,8-10H2,(H,16,17). The first-order chi connectivity index (χ1) is 8.75. The van der Waals surface area contributed by atoms with Crippen LogP contribution in [0.2, 0.25) is 0 Å². The molecule has 1 aliphatic rings. The highest BCUT2D eigenvalue weighted by molar-refractivity contribution is 5.64. The summed E-state index contributed by atoms with van der Waals surface area (Å²) < 4.78 is 5.86. The first-order valence-corrected chi connectivity index (χ1v) is 6.40. The molecule has 0 bridgehead atoms. The summed E-state index contributed by atoms with van der Waals surface area (Å²) in [4.78, 5) is 10.7. The Morgan fingerprint density at radius 1 is 1.28 bits per heavy atom. The second-order valence-corrected chi connectivity index (χ2v) is 4.68. The normalized spacial score (nSPS) is 23.6. The molecular formula is C14H19NO3. The van der Waals surface area contributed by atoms with Crippen LogP contribution >= 0.6 is 0 Å². The fourth-order valence-electron chi connectivity index (χ4n) is 2.40. The third-order valence-electron chi connectivity index (χ3n) is 3.32. The highest BCUT2D eigenvalue weighted by Crippen LogP contribution is 2.22. The van der Waals surface area contributed by atoms with Crippen LogP contribution in [0.3, 0.4) is 0 Å². The molecule has 0 heterocycles. The molecule has 1 aromatic carbocycles. The van der Waals surface area contributed by atoms with Crippen molar-refractivity contribution in [2.24, 2.45) is 0 Å². The second-order valence-electron chi connectivity index (χ2n) is 4.68. The van der Waals surface area contributed by atoms with Crippen LogP contribution in [0.15, 0.2) is 30.3 Å². The van der Waals surface area contributed by atoms with E-state index >= 15 is 0 Å². The first-order valence-electron chi connectivity index (χ1n) is 6.40. The van der Waals surface area contributed by atoms with E-state index in [0.29, 0.717) is 6.61 Å². The van der Waals surface area contributed by atoms with E-state index < -0.39 is 6.09 Å². The van der Waals surface area contributed by atoms with Crippen LogP contribution in [0.1, 0.15) is 31.2 Å². The molecule has 1 aromatic rings. The smallest absolute Gasteiger partial charge is 0.404 e. The highest BCUT2D eigenvalue weighted by atomic mass is 16.5. The quantitative estimate of drug-likeness (QED) is 0.862. The van der Waals surface area contributed by atoms with Crippen LogP contribution in [0, 0.1) is 0 Å². The van der Waals surface area contributed by atoms with E-state index in [-0.39, 0.29) is 12.1 Å². The fraction of sp³-hybridized carbons (Fsp3) is 0.500. The highest BCUT2D eigenvalue weighted by Gasteiger charge is 2.26. The van der Waals surface area contributed by atoms with Gasteiger partial charge in [-0.3, -0.25) is 0 Å². The molecule has 2 N–H and O–H groups in total. The van der Waals surface area contributed by atoms with E-state index in [1.54, 1.807) is 0 Å². The first kappa shape index (κ1) is 12.9. The van der Waals surface area contributed by atoms with Crippen LogP contribution in [0.4, 0.5) is 4.79 Å².